The van der Waals surface area contributed by atoms with Crippen LogP contribution in [0.1, 0.15) is 33.1 Å². The molecular weight excluding hydrogens is 172 g/mol. The van der Waals surface area contributed by atoms with Crippen molar-refractivity contribution >= 4 is 0 Å². The Morgan fingerprint density at radius 2 is 2.29 bits per heavy atom. The van der Waals surface area contributed by atoms with Crippen LogP contribution in [0.3, 0.4) is 0 Å². The van der Waals surface area contributed by atoms with E-state index in [0.29, 0.717) is 0 Å². The highest BCUT2D eigenvalue weighted by molar-refractivity contribution is 4.97. The maximum absolute atomic E-state index is 4.09. The molecule has 1 fully saturated rings. The van der Waals surface area contributed by atoms with Crippen LogP contribution in [0.5, 0.6) is 0 Å². The summed E-state index contributed by atoms with van der Waals surface area (Å²) in [5.41, 5.74) is 1.36. The summed E-state index contributed by atoms with van der Waals surface area (Å²) in [5.74, 6) is 0. The van der Waals surface area contributed by atoms with E-state index in [1.54, 1.807) is 0 Å². The van der Waals surface area contributed by atoms with Gasteiger partial charge in [-0.25, -0.2) is 0 Å². The third-order valence-electron chi connectivity index (χ3n) is 3.12. The number of likely N-dealkylation sites (N-methyl/N-ethyl adjacent to an activating group) is 1. The third kappa shape index (κ3) is 3.43. The van der Waals surface area contributed by atoms with E-state index in [1.807, 2.05) is 0 Å². The van der Waals surface area contributed by atoms with Crippen LogP contribution in [0, 0.1) is 0 Å². The van der Waals surface area contributed by atoms with E-state index in [1.165, 1.54) is 25.0 Å². The first-order valence-corrected chi connectivity index (χ1v) is 5.89. The van der Waals surface area contributed by atoms with Gasteiger partial charge in [-0.2, -0.15) is 0 Å². The van der Waals surface area contributed by atoms with E-state index in [2.05, 4.69) is 30.6 Å². The van der Waals surface area contributed by atoms with E-state index in [4.69, 9.17) is 0 Å². The van der Waals surface area contributed by atoms with Gasteiger partial charge in [0.2, 0.25) is 0 Å². The van der Waals surface area contributed by atoms with Crippen LogP contribution in [-0.4, -0.2) is 37.1 Å². The Balaban J connectivity index is 2.39. The van der Waals surface area contributed by atoms with Crippen LogP contribution in [0.15, 0.2) is 12.2 Å². The highest BCUT2D eigenvalue weighted by atomic mass is 15.2. The van der Waals surface area contributed by atoms with Gasteiger partial charge in [0.05, 0.1) is 0 Å². The number of rotatable bonds is 5. The molecule has 1 rings (SSSR count). The third-order valence-corrected chi connectivity index (χ3v) is 3.12. The molecule has 2 nitrogen and oxygen atoms in total. The second-order valence-electron chi connectivity index (χ2n) is 4.17. The normalized spacial score (nSPS) is 22.6. The number of piperidine rings is 1. The van der Waals surface area contributed by atoms with E-state index in [0.717, 1.165) is 32.1 Å². The lowest BCUT2D eigenvalue weighted by molar-refractivity contribution is 0.187. The van der Waals surface area contributed by atoms with Gasteiger partial charge in [-0.05, 0) is 32.4 Å². The summed E-state index contributed by atoms with van der Waals surface area (Å²) in [6.07, 6.45) is 3.77. The fourth-order valence-electron chi connectivity index (χ4n) is 2.04. The molecule has 1 atom stereocenters. The second kappa shape index (κ2) is 6.20. The molecule has 1 heterocycles. The van der Waals surface area contributed by atoms with Gasteiger partial charge in [0.1, 0.15) is 0 Å². The van der Waals surface area contributed by atoms with Crippen molar-refractivity contribution in [1.29, 1.82) is 0 Å². The lowest BCUT2D eigenvalue weighted by Gasteiger charge is -2.34. The fourth-order valence-corrected chi connectivity index (χ4v) is 2.04. The minimum absolute atomic E-state index is 0.733. The SMILES string of the molecule is C=C(CC)CN(CC)C1CCCNC1. The Morgan fingerprint density at radius 3 is 2.79 bits per heavy atom. The van der Waals surface area contributed by atoms with Crippen molar-refractivity contribution in [1.82, 2.24) is 10.2 Å². The van der Waals surface area contributed by atoms with E-state index < -0.39 is 0 Å². The van der Waals surface area contributed by atoms with Gasteiger partial charge in [-0.3, -0.25) is 4.90 Å². The van der Waals surface area contributed by atoms with Crippen LogP contribution in [0.2, 0.25) is 0 Å². The van der Waals surface area contributed by atoms with E-state index in [9.17, 15) is 0 Å². The molecule has 0 aromatic rings. The first-order chi connectivity index (χ1) is 6.77. The van der Waals surface area contributed by atoms with Gasteiger partial charge >= 0.3 is 0 Å². The first kappa shape index (κ1) is 11.7. The molecule has 1 saturated heterocycles. The molecule has 0 bridgehead atoms. The van der Waals surface area contributed by atoms with Crippen molar-refractivity contribution in [3.8, 4) is 0 Å². The second-order valence-corrected chi connectivity index (χ2v) is 4.17. The monoisotopic (exact) mass is 196 g/mol. The molecular formula is C12H24N2. The molecule has 1 N–H and O–H groups in total. The van der Waals surface area contributed by atoms with Gasteiger partial charge in [0.25, 0.3) is 0 Å². The van der Waals surface area contributed by atoms with Crippen molar-refractivity contribution in [2.24, 2.45) is 0 Å². The van der Waals surface area contributed by atoms with Crippen LogP contribution in [0.4, 0.5) is 0 Å². The molecule has 1 aliphatic heterocycles. The predicted octanol–water partition coefficient (Wildman–Crippen LogP) is 2.03. The van der Waals surface area contributed by atoms with Crippen molar-refractivity contribution in [3.05, 3.63) is 12.2 Å². The molecule has 0 aliphatic carbocycles. The fraction of sp³-hybridized carbons (Fsp3) is 0.833. The summed E-state index contributed by atoms with van der Waals surface area (Å²) in [4.78, 5) is 2.55. The highest BCUT2D eigenvalue weighted by Crippen LogP contribution is 2.12. The number of hydrogen-bond donors (Lipinski definition) is 1. The molecule has 14 heavy (non-hydrogen) atoms. The number of hydrogen-bond acceptors (Lipinski definition) is 2. The average Bonchev–Trinajstić information content (AvgIpc) is 2.26. The number of nitrogens with one attached hydrogen (secondary N) is 1. The molecule has 0 spiro atoms. The zero-order valence-corrected chi connectivity index (χ0v) is 9.68. The molecule has 2 heteroatoms. The molecule has 0 saturated carbocycles. The maximum atomic E-state index is 4.09. The summed E-state index contributed by atoms with van der Waals surface area (Å²) in [6, 6.07) is 0.733. The van der Waals surface area contributed by atoms with Crippen molar-refractivity contribution in [2.75, 3.05) is 26.2 Å². The number of nitrogens with zero attached hydrogens (tertiary/aromatic N) is 1. The summed E-state index contributed by atoms with van der Waals surface area (Å²) >= 11 is 0. The first-order valence-electron chi connectivity index (χ1n) is 5.89. The standard InChI is InChI=1S/C12H24N2/c1-4-11(3)10-14(5-2)12-7-6-8-13-9-12/h12-13H,3-10H2,1-2H3. The van der Waals surface area contributed by atoms with Crippen molar-refractivity contribution < 1.29 is 0 Å². The van der Waals surface area contributed by atoms with Gasteiger partial charge in [-0.1, -0.05) is 26.0 Å². The minimum Gasteiger partial charge on any atom is -0.315 e. The molecule has 0 radical (unpaired) electrons. The predicted molar refractivity (Wildman–Crippen MR) is 62.6 cm³/mol. The van der Waals surface area contributed by atoms with Crippen LogP contribution >= 0.6 is 0 Å². The molecule has 0 aromatic carbocycles. The summed E-state index contributed by atoms with van der Waals surface area (Å²) in [6.45, 7) is 13.1. The Morgan fingerprint density at radius 1 is 1.50 bits per heavy atom. The van der Waals surface area contributed by atoms with Gasteiger partial charge in [0.15, 0.2) is 0 Å². The molecule has 82 valence electrons. The largest absolute Gasteiger partial charge is 0.315 e. The zero-order chi connectivity index (χ0) is 10.4. The van der Waals surface area contributed by atoms with Crippen LogP contribution < -0.4 is 5.32 Å². The Bertz CT molecular complexity index is 171. The lowest BCUT2D eigenvalue weighted by Crippen LogP contribution is -2.46. The minimum atomic E-state index is 0.733. The van der Waals surface area contributed by atoms with E-state index in [-0.39, 0.29) is 0 Å². The summed E-state index contributed by atoms with van der Waals surface area (Å²) in [7, 11) is 0. The average molecular weight is 196 g/mol. The van der Waals surface area contributed by atoms with Gasteiger partial charge < -0.3 is 5.32 Å². The highest BCUT2D eigenvalue weighted by Gasteiger charge is 2.19. The Labute approximate surface area is 88.4 Å². The topological polar surface area (TPSA) is 15.3 Å². The van der Waals surface area contributed by atoms with Crippen molar-refractivity contribution in [3.63, 3.8) is 0 Å². The van der Waals surface area contributed by atoms with Crippen LogP contribution in [-0.2, 0) is 0 Å². The van der Waals surface area contributed by atoms with E-state index >= 15 is 0 Å². The lowest BCUT2D eigenvalue weighted by atomic mass is 10.0. The molecule has 1 aliphatic rings. The quantitative estimate of drug-likeness (QED) is 0.677. The molecule has 1 unspecified atom stereocenters. The summed E-state index contributed by atoms with van der Waals surface area (Å²) < 4.78 is 0. The van der Waals surface area contributed by atoms with Gasteiger partial charge in [-0.15, -0.1) is 0 Å². The molecule has 0 amide bonds. The zero-order valence-electron chi connectivity index (χ0n) is 9.68. The summed E-state index contributed by atoms with van der Waals surface area (Å²) in [5, 5.41) is 3.47. The van der Waals surface area contributed by atoms with Gasteiger partial charge in [0, 0.05) is 19.1 Å². The smallest absolute Gasteiger partial charge is 0.0224 e. The molecule has 0 aromatic heterocycles. The van der Waals surface area contributed by atoms with Crippen molar-refractivity contribution in [2.45, 2.75) is 39.2 Å². The maximum Gasteiger partial charge on any atom is 0.0224 e. The Hall–Kier alpha value is -0.340. The Kier molecular flexibility index (Phi) is 5.20. The van der Waals surface area contributed by atoms with Crippen LogP contribution in [0.25, 0.3) is 0 Å².